The van der Waals surface area contributed by atoms with E-state index in [4.69, 9.17) is 0 Å². The van der Waals surface area contributed by atoms with Crippen LogP contribution in [-0.4, -0.2) is 42.5 Å². The van der Waals surface area contributed by atoms with Gasteiger partial charge in [-0.05, 0) is 57.8 Å². The van der Waals surface area contributed by atoms with Gasteiger partial charge >= 0.3 is 6.03 Å². The molecule has 0 saturated heterocycles. The molecular weight excluding hydrogens is 346 g/mol. The lowest BCUT2D eigenvalue weighted by molar-refractivity contribution is 0.0613. The van der Waals surface area contributed by atoms with Gasteiger partial charge in [0.1, 0.15) is 0 Å². The normalized spacial score (nSPS) is 24.8. The highest BCUT2D eigenvalue weighted by Gasteiger charge is 2.43. The van der Waals surface area contributed by atoms with Gasteiger partial charge in [-0.3, -0.25) is 4.90 Å². The molecule has 3 rings (SSSR count). The fourth-order valence-corrected chi connectivity index (χ4v) is 4.37. The van der Waals surface area contributed by atoms with Gasteiger partial charge in [0.05, 0.1) is 0 Å². The number of nitrogens with zero attached hydrogens (tertiary/aromatic N) is 2. The SMILES string of the molecule is CN(Cc1ccccc1)C(=O)NC1(C)CCC(c2ccccc2)(N(C)C)CC1. The number of carbonyl (C=O) groups excluding carboxylic acids is 1. The van der Waals surface area contributed by atoms with Gasteiger partial charge in [-0.25, -0.2) is 4.79 Å². The van der Waals surface area contributed by atoms with E-state index in [1.54, 1.807) is 4.90 Å². The van der Waals surface area contributed by atoms with Crippen LogP contribution in [0.25, 0.3) is 0 Å². The van der Waals surface area contributed by atoms with Crippen molar-refractivity contribution in [1.82, 2.24) is 15.1 Å². The van der Waals surface area contributed by atoms with Gasteiger partial charge in [0.2, 0.25) is 0 Å². The average Bonchev–Trinajstić information content (AvgIpc) is 2.70. The monoisotopic (exact) mass is 379 g/mol. The molecule has 0 aromatic heterocycles. The van der Waals surface area contributed by atoms with Gasteiger partial charge in [-0.2, -0.15) is 0 Å². The quantitative estimate of drug-likeness (QED) is 0.823. The molecule has 28 heavy (non-hydrogen) atoms. The Morgan fingerprint density at radius 3 is 1.96 bits per heavy atom. The number of amides is 2. The molecule has 0 spiro atoms. The minimum absolute atomic E-state index is 0.00316. The lowest BCUT2D eigenvalue weighted by Crippen LogP contribution is -2.56. The minimum Gasteiger partial charge on any atom is -0.333 e. The molecule has 1 aliphatic rings. The number of nitrogens with one attached hydrogen (secondary N) is 1. The van der Waals surface area contributed by atoms with E-state index in [1.807, 2.05) is 25.2 Å². The summed E-state index contributed by atoms with van der Waals surface area (Å²) in [6.07, 6.45) is 3.99. The van der Waals surface area contributed by atoms with E-state index >= 15 is 0 Å². The second-order valence-corrected chi connectivity index (χ2v) is 8.62. The molecule has 1 N–H and O–H groups in total. The molecule has 0 unspecified atom stereocenters. The van der Waals surface area contributed by atoms with Gasteiger partial charge in [0, 0.05) is 24.7 Å². The molecular formula is C24H33N3O. The fourth-order valence-electron chi connectivity index (χ4n) is 4.37. The van der Waals surface area contributed by atoms with Crippen molar-refractivity contribution in [2.75, 3.05) is 21.1 Å². The van der Waals surface area contributed by atoms with Crippen LogP contribution in [0.15, 0.2) is 60.7 Å². The summed E-state index contributed by atoms with van der Waals surface area (Å²) in [5, 5.41) is 3.31. The summed E-state index contributed by atoms with van der Waals surface area (Å²) < 4.78 is 0. The molecule has 0 aliphatic heterocycles. The van der Waals surface area contributed by atoms with Crippen molar-refractivity contribution >= 4 is 6.03 Å². The summed E-state index contributed by atoms with van der Waals surface area (Å²) in [6, 6.07) is 20.9. The van der Waals surface area contributed by atoms with Crippen LogP contribution in [0.3, 0.4) is 0 Å². The Balaban J connectivity index is 1.64. The van der Waals surface area contributed by atoms with Crippen molar-refractivity contribution < 1.29 is 4.79 Å². The molecule has 1 fully saturated rings. The Morgan fingerprint density at radius 1 is 0.893 bits per heavy atom. The maximum Gasteiger partial charge on any atom is 0.317 e. The number of hydrogen-bond donors (Lipinski definition) is 1. The van der Waals surface area contributed by atoms with E-state index in [0.717, 1.165) is 31.2 Å². The lowest BCUT2D eigenvalue weighted by atomic mass is 9.69. The Bertz CT molecular complexity index is 765. The zero-order valence-electron chi connectivity index (χ0n) is 17.6. The third-order valence-electron chi connectivity index (χ3n) is 6.37. The minimum atomic E-state index is -0.170. The van der Waals surface area contributed by atoms with Crippen molar-refractivity contribution in [2.24, 2.45) is 0 Å². The highest BCUT2D eigenvalue weighted by Crippen LogP contribution is 2.44. The topological polar surface area (TPSA) is 35.6 Å². The highest BCUT2D eigenvalue weighted by atomic mass is 16.2. The maximum atomic E-state index is 12.8. The van der Waals surface area contributed by atoms with E-state index < -0.39 is 0 Å². The summed E-state index contributed by atoms with van der Waals surface area (Å²) in [5.41, 5.74) is 2.39. The van der Waals surface area contributed by atoms with Crippen molar-refractivity contribution in [3.8, 4) is 0 Å². The summed E-state index contributed by atoms with van der Waals surface area (Å²) in [6.45, 7) is 2.81. The molecule has 4 heteroatoms. The third-order valence-corrected chi connectivity index (χ3v) is 6.37. The predicted molar refractivity (Wildman–Crippen MR) is 115 cm³/mol. The summed E-state index contributed by atoms with van der Waals surface area (Å²) in [5.74, 6) is 0. The third kappa shape index (κ3) is 4.39. The lowest BCUT2D eigenvalue weighted by Gasteiger charge is -2.49. The number of urea groups is 1. The van der Waals surface area contributed by atoms with Crippen LogP contribution in [-0.2, 0) is 12.1 Å². The van der Waals surface area contributed by atoms with E-state index in [9.17, 15) is 4.79 Å². The highest BCUT2D eigenvalue weighted by molar-refractivity contribution is 5.74. The Kier molecular flexibility index (Phi) is 6.09. The molecule has 0 atom stereocenters. The van der Waals surface area contributed by atoms with Crippen molar-refractivity contribution in [1.29, 1.82) is 0 Å². The van der Waals surface area contributed by atoms with Gasteiger partial charge in [0.15, 0.2) is 0 Å². The van der Waals surface area contributed by atoms with Crippen LogP contribution >= 0.6 is 0 Å². The van der Waals surface area contributed by atoms with Crippen LogP contribution < -0.4 is 5.32 Å². The number of rotatable bonds is 5. The van der Waals surface area contributed by atoms with Crippen LogP contribution in [0, 0.1) is 0 Å². The first-order valence-corrected chi connectivity index (χ1v) is 10.1. The Labute approximate surface area is 169 Å². The van der Waals surface area contributed by atoms with Crippen molar-refractivity contribution in [2.45, 2.75) is 50.2 Å². The Morgan fingerprint density at radius 2 is 1.43 bits per heavy atom. The molecule has 4 nitrogen and oxygen atoms in total. The zero-order chi connectivity index (χ0) is 20.2. The first kappa shape index (κ1) is 20.4. The molecule has 0 radical (unpaired) electrons. The molecule has 2 amide bonds. The maximum absolute atomic E-state index is 12.8. The zero-order valence-corrected chi connectivity index (χ0v) is 17.6. The number of benzene rings is 2. The first-order valence-electron chi connectivity index (χ1n) is 10.1. The largest absolute Gasteiger partial charge is 0.333 e. The predicted octanol–water partition coefficient (Wildman–Crippen LogP) is 4.62. The van der Waals surface area contributed by atoms with Crippen molar-refractivity contribution in [3.05, 3.63) is 71.8 Å². The van der Waals surface area contributed by atoms with Gasteiger partial charge < -0.3 is 10.2 Å². The first-order chi connectivity index (χ1) is 13.3. The summed E-state index contributed by atoms with van der Waals surface area (Å²) in [7, 11) is 6.20. The van der Waals surface area contributed by atoms with Crippen LogP contribution in [0.1, 0.15) is 43.7 Å². The molecule has 150 valence electrons. The molecule has 2 aromatic rings. The average molecular weight is 380 g/mol. The smallest absolute Gasteiger partial charge is 0.317 e. The van der Waals surface area contributed by atoms with E-state index in [2.05, 4.69) is 73.7 Å². The van der Waals surface area contributed by atoms with Crippen LogP contribution in [0.5, 0.6) is 0 Å². The summed E-state index contributed by atoms with van der Waals surface area (Å²) in [4.78, 5) is 16.9. The van der Waals surface area contributed by atoms with Crippen LogP contribution in [0.4, 0.5) is 4.79 Å². The van der Waals surface area contributed by atoms with E-state index in [-0.39, 0.29) is 17.1 Å². The molecule has 1 aliphatic carbocycles. The molecule has 0 bridgehead atoms. The number of hydrogen-bond acceptors (Lipinski definition) is 2. The molecule has 1 saturated carbocycles. The summed E-state index contributed by atoms with van der Waals surface area (Å²) >= 11 is 0. The fraction of sp³-hybridized carbons (Fsp3) is 0.458. The van der Waals surface area contributed by atoms with Gasteiger partial charge in [-0.15, -0.1) is 0 Å². The Hall–Kier alpha value is -2.33. The number of carbonyl (C=O) groups is 1. The second kappa shape index (κ2) is 8.36. The second-order valence-electron chi connectivity index (χ2n) is 8.62. The molecule has 0 heterocycles. The van der Waals surface area contributed by atoms with E-state index in [1.165, 1.54) is 5.56 Å². The van der Waals surface area contributed by atoms with Crippen LogP contribution in [0.2, 0.25) is 0 Å². The van der Waals surface area contributed by atoms with E-state index in [0.29, 0.717) is 6.54 Å². The van der Waals surface area contributed by atoms with Gasteiger partial charge in [-0.1, -0.05) is 60.7 Å². The molecule has 2 aromatic carbocycles. The van der Waals surface area contributed by atoms with Gasteiger partial charge in [0.25, 0.3) is 0 Å². The van der Waals surface area contributed by atoms with Crippen molar-refractivity contribution in [3.63, 3.8) is 0 Å². The standard InChI is InChI=1S/C24H33N3O/c1-23(25-22(28)27(4)19-20-11-7-5-8-12-20)15-17-24(18-16-23,26(2)3)21-13-9-6-10-14-21/h5-14H,15-19H2,1-4H3,(H,25,28).